The molecule has 0 unspecified atom stereocenters. The van der Waals surface area contributed by atoms with Crippen molar-refractivity contribution >= 4 is 14.3 Å². The van der Waals surface area contributed by atoms with Crippen molar-refractivity contribution in [2.45, 2.75) is 39.1 Å². The first-order chi connectivity index (χ1) is 10.9. The Morgan fingerprint density at radius 1 is 1.26 bits per heavy atom. The molecule has 1 heterocycles. The van der Waals surface area contributed by atoms with Gasteiger partial charge in [-0.2, -0.15) is 0 Å². The highest BCUT2D eigenvalue weighted by atomic mass is 28.4. The molecule has 126 valence electrons. The van der Waals surface area contributed by atoms with E-state index < -0.39 is 8.32 Å². The number of allylic oxidation sites excluding steroid dienone is 1. The van der Waals surface area contributed by atoms with Crippen LogP contribution >= 0.6 is 0 Å². The quantitative estimate of drug-likeness (QED) is 0.601. The molecule has 1 aliphatic rings. The molecule has 2 atom stereocenters. The van der Waals surface area contributed by atoms with Gasteiger partial charge in [-0.3, -0.25) is 4.79 Å². The highest BCUT2D eigenvalue weighted by molar-refractivity contribution is 6.70. The molecule has 0 aliphatic carbocycles. The number of rotatable bonds is 5. The van der Waals surface area contributed by atoms with Gasteiger partial charge in [0.15, 0.2) is 0 Å². The summed E-state index contributed by atoms with van der Waals surface area (Å²) in [6, 6.07) is 9.84. The van der Waals surface area contributed by atoms with E-state index in [2.05, 4.69) is 19.6 Å². The van der Waals surface area contributed by atoms with Crippen LogP contribution < -0.4 is 0 Å². The Labute approximate surface area is 139 Å². The summed E-state index contributed by atoms with van der Waals surface area (Å²) in [6.07, 6.45) is 2.25. The molecule has 1 aromatic rings. The van der Waals surface area contributed by atoms with Gasteiger partial charge in [-0.25, -0.2) is 0 Å². The standard InChI is InChI=1S/C18H26O4Si/c1-5-20-18(19)16-12-11-15(22-23(2,3)4)13-21-17(16)14-9-7-6-8-10-14/h6-11,16-17H,5,12-13H2,1-4H3/t16-,17+/m0/s1. The molecular weight excluding hydrogens is 308 g/mol. The fraction of sp³-hybridized carbons (Fsp3) is 0.500. The molecule has 0 bridgehead atoms. The minimum absolute atomic E-state index is 0.216. The summed E-state index contributed by atoms with van der Waals surface area (Å²) in [5.41, 5.74) is 0.994. The average molecular weight is 334 g/mol. The zero-order valence-corrected chi connectivity index (χ0v) is 15.4. The molecule has 4 nitrogen and oxygen atoms in total. The van der Waals surface area contributed by atoms with E-state index in [1.54, 1.807) is 0 Å². The summed E-state index contributed by atoms with van der Waals surface area (Å²) in [6.45, 7) is 8.99. The SMILES string of the molecule is CCOC(=O)[C@H]1CC=C(O[Si](C)(C)C)CO[C@@H]1c1ccccc1. The molecule has 0 aromatic heterocycles. The Hall–Kier alpha value is -1.59. The molecular formula is C18H26O4Si. The predicted octanol–water partition coefficient (Wildman–Crippen LogP) is 4.06. The van der Waals surface area contributed by atoms with Gasteiger partial charge in [-0.05, 0) is 44.6 Å². The summed E-state index contributed by atoms with van der Waals surface area (Å²) in [5, 5.41) is 0. The Bertz CT molecular complexity index is 548. The lowest BCUT2D eigenvalue weighted by Crippen LogP contribution is -2.27. The lowest BCUT2D eigenvalue weighted by atomic mass is 9.93. The summed E-state index contributed by atoms with van der Waals surface area (Å²) < 4.78 is 17.4. The summed E-state index contributed by atoms with van der Waals surface area (Å²) in [4.78, 5) is 12.4. The van der Waals surface area contributed by atoms with Gasteiger partial charge in [0.25, 0.3) is 0 Å². The van der Waals surface area contributed by atoms with E-state index in [9.17, 15) is 4.79 Å². The van der Waals surface area contributed by atoms with E-state index in [1.807, 2.05) is 43.3 Å². The minimum atomic E-state index is -1.70. The normalized spacial score (nSPS) is 22.0. The Morgan fingerprint density at radius 3 is 2.57 bits per heavy atom. The van der Waals surface area contributed by atoms with E-state index in [0.717, 1.165) is 11.3 Å². The van der Waals surface area contributed by atoms with Gasteiger partial charge in [-0.15, -0.1) is 0 Å². The van der Waals surface area contributed by atoms with Crippen LogP contribution in [0.25, 0.3) is 0 Å². The monoisotopic (exact) mass is 334 g/mol. The van der Waals surface area contributed by atoms with Crippen LogP contribution in [0.4, 0.5) is 0 Å². The van der Waals surface area contributed by atoms with Crippen LogP contribution in [0.5, 0.6) is 0 Å². The Balaban J connectivity index is 2.22. The minimum Gasteiger partial charge on any atom is -0.546 e. The second-order valence-corrected chi connectivity index (χ2v) is 11.1. The van der Waals surface area contributed by atoms with Gasteiger partial charge >= 0.3 is 5.97 Å². The number of ether oxygens (including phenoxy) is 2. The third kappa shape index (κ3) is 5.22. The molecule has 0 saturated heterocycles. The maximum absolute atomic E-state index is 12.4. The van der Waals surface area contributed by atoms with Gasteiger partial charge < -0.3 is 13.9 Å². The van der Waals surface area contributed by atoms with Crippen LogP contribution in [0.15, 0.2) is 42.2 Å². The van der Waals surface area contributed by atoms with E-state index in [4.69, 9.17) is 13.9 Å². The van der Waals surface area contributed by atoms with Crippen LogP contribution in [-0.2, 0) is 18.7 Å². The molecule has 2 rings (SSSR count). The fourth-order valence-corrected chi connectivity index (χ4v) is 3.56. The second kappa shape index (κ2) is 7.79. The van der Waals surface area contributed by atoms with Crippen molar-refractivity contribution in [1.82, 2.24) is 0 Å². The van der Waals surface area contributed by atoms with Crippen LogP contribution in [-0.4, -0.2) is 27.5 Å². The molecule has 1 aliphatic heterocycles. The second-order valence-electron chi connectivity index (χ2n) is 6.62. The smallest absolute Gasteiger partial charge is 0.312 e. The highest BCUT2D eigenvalue weighted by Gasteiger charge is 2.33. The first-order valence-electron chi connectivity index (χ1n) is 8.12. The third-order valence-corrected chi connectivity index (χ3v) is 4.40. The topological polar surface area (TPSA) is 44.8 Å². The number of carbonyl (C=O) groups excluding carboxylic acids is 1. The van der Waals surface area contributed by atoms with Crippen LogP contribution in [0.2, 0.25) is 19.6 Å². The van der Waals surface area contributed by atoms with Crippen molar-refractivity contribution in [1.29, 1.82) is 0 Å². The molecule has 0 radical (unpaired) electrons. The van der Waals surface area contributed by atoms with Crippen LogP contribution in [0.1, 0.15) is 25.0 Å². The summed E-state index contributed by atoms with van der Waals surface area (Å²) >= 11 is 0. The molecule has 0 saturated carbocycles. The number of hydrogen-bond donors (Lipinski definition) is 0. The van der Waals surface area contributed by atoms with E-state index in [-0.39, 0.29) is 18.0 Å². The van der Waals surface area contributed by atoms with Gasteiger partial charge in [0.1, 0.15) is 12.4 Å². The lowest BCUT2D eigenvalue weighted by molar-refractivity contribution is -0.153. The lowest BCUT2D eigenvalue weighted by Gasteiger charge is -2.24. The maximum atomic E-state index is 12.4. The molecule has 5 heteroatoms. The molecule has 0 spiro atoms. The Kier molecular flexibility index (Phi) is 6.02. The van der Waals surface area contributed by atoms with Crippen molar-refractivity contribution in [2.24, 2.45) is 5.92 Å². The van der Waals surface area contributed by atoms with E-state index in [1.165, 1.54) is 0 Å². The van der Waals surface area contributed by atoms with E-state index in [0.29, 0.717) is 19.6 Å². The molecule has 23 heavy (non-hydrogen) atoms. The zero-order valence-electron chi connectivity index (χ0n) is 14.4. The maximum Gasteiger partial charge on any atom is 0.312 e. The third-order valence-electron chi connectivity index (χ3n) is 3.52. The van der Waals surface area contributed by atoms with Crippen molar-refractivity contribution in [2.75, 3.05) is 13.2 Å². The largest absolute Gasteiger partial charge is 0.546 e. The Morgan fingerprint density at radius 2 is 1.96 bits per heavy atom. The zero-order chi connectivity index (χ0) is 16.9. The first kappa shape index (κ1) is 17.8. The van der Waals surface area contributed by atoms with Crippen molar-refractivity contribution < 1.29 is 18.7 Å². The van der Waals surface area contributed by atoms with Gasteiger partial charge in [0, 0.05) is 0 Å². The number of benzene rings is 1. The number of carbonyl (C=O) groups is 1. The predicted molar refractivity (Wildman–Crippen MR) is 92.4 cm³/mol. The summed E-state index contributed by atoms with van der Waals surface area (Å²) in [7, 11) is -1.70. The van der Waals surface area contributed by atoms with Crippen LogP contribution in [0.3, 0.4) is 0 Å². The van der Waals surface area contributed by atoms with E-state index >= 15 is 0 Å². The molecule has 0 fully saturated rings. The van der Waals surface area contributed by atoms with Crippen molar-refractivity contribution in [3.8, 4) is 0 Å². The number of hydrogen-bond acceptors (Lipinski definition) is 4. The number of esters is 1. The van der Waals surface area contributed by atoms with Crippen molar-refractivity contribution in [3.63, 3.8) is 0 Å². The van der Waals surface area contributed by atoms with Crippen molar-refractivity contribution in [3.05, 3.63) is 47.7 Å². The molecule has 0 N–H and O–H groups in total. The first-order valence-corrected chi connectivity index (χ1v) is 11.5. The summed E-state index contributed by atoms with van der Waals surface area (Å²) in [5.74, 6) is 0.267. The van der Waals surface area contributed by atoms with Gasteiger partial charge in [-0.1, -0.05) is 30.3 Å². The van der Waals surface area contributed by atoms with Gasteiger partial charge in [0.2, 0.25) is 8.32 Å². The average Bonchev–Trinajstić information content (AvgIpc) is 2.69. The van der Waals surface area contributed by atoms with Crippen LogP contribution in [0, 0.1) is 5.92 Å². The molecule has 1 aromatic carbocycles. The fourth-order valence-electron chi connectivity index (χ4n) is 2.63. The van der Waals surface area contributed by atoms with Gasteiger partial charge in [0.05, 0.1) is 18.6 Å². The molecule has 0 amide bonds. The highest BCUT2D eigenvalue weighted by Crippen LogP contribution is 2.33.